The number of nitrogens with two attached hydrogens (primary N) is 1. The first kappa shape index (κ1) is 17.5. The second-order valence-corrected chi connectivity index (χ2v) is 7.46. The van der Waals surface area contributed by atoms with E-state index >= 15 is 0 Å². The van der Waals surface area contributed by atoms with E-state index in [1.807, 2.05) is 26.8 Å². The molecule has 1 aliphatic rings. The number of carbonyl (C=O) groups excluding carboxylic acids is 1. The number of carbonyl (C=O) groups is 1. The molecule has 3 atom stereocenters. The Kier molecular flexibility index (Phi) is 5.14. The highest BCUT2D eigenvalue weighted by Crippen LogP contribution is 2.31. The van der Waals surface area contributed by atoms with Crippen molar-refractivity contribution >= 4 is 17.5 Å². The van der Waals surface area contributed by atoms with E-state index in [-0.39, 0.29) is 6.04 Å². The topological polar surface area (TPSA) is 80.5 Å². The zero-order valence-electron chi connectivity index (χ0n) is 14.7. The van der Waals surface area contributed by atoms with Crippen LogP contribution < -0.4 is 16.0 Å². The van der Waals surface area contributed by atoms with E-state index in [1.54, 1.807) is 12.4 Å². The average Bonchev–Trinajstić information content (AvgIpc) is 2.42. The molecule has 1 saturated heterocycles. The highest BCUT2D eigenvalue weighted by atomic mass is 16.6. The molecular formula is C17H28N4O2. The number of aromatic nitrogens is 1. The number of ether oxygens (including phenoxy) is 1. The molecule has 0 aliphatic carbocycles. The van der Waals surface area contributed by atoms with Gasteiger partial charge in [0.15, 0.2) is 0 Å². The maximum atomic E-state index is 12.0. The second-order valence-electron chi connectivity index (χ2n) is 7.46. The summed E-state index contributed by atoms with van der Waals surface area (Å²) in [6, 6.07) is 2.12. The number of hydrogen-bond acceptors (Lipinski definition) is 5. The molecule has 6 heteroatoms. The first-order valence-electron chi connectivity index (χ1n) is 8.12. The molecule has 0 aromatic carbocycles. The van der Waals surface area contributed by atoms with Crippen molar-refractivity contribution in [2.24, 2.45) is 17.6 Å². The minimum Gasteiger partial charge on any atom is -0.444 e. The van der Waals surface area contributed by atoms with Crippen LogP contribution >= 0.6 is 0 Å². The van der Waals surface area contributed by atoms with Crippen molar-refractivity contribution in [2.45, 2.75) is 46.3 Å². The van der Waals surface area contributed by atoms with Gasteiger partial charge in [0.05, 0.1) is 17.6 Å². The molecule has 1 aromatic heterocycles. The maximum Gasteiger partial charge on any atom is 0.412 e. The fraction of sp³-hybridized carbons (Fsp3) is 0.647. The first-order valence-corrected chi connectivity index (χ1v) is 8.12. The Morgan fingerprint density at radius 3 is 2.52 bits per heavy atom. The summed E-state index contributed by atoms with van der Waals surface area (Å²) < 4.78 is 5.33. The van der Waals surface area contributed by atoms with Gasteiger partial charge in [0.2, 0.25) is 0 Å². The van der Waals surface area contributed by atoms with E-state index in [2.05, 4.69) is 29.0 Å². The summed E-state index contributed by atoms with van der Waals surface area (Å²) in [5.41, 5.74) is 7.31. The third-order valence-corrected chi connectivity index (χ3v) is 4.11. The molecule has 0 bridgehead atoms. The lowest BCUT2D eigenvalue weighted by Crippen LogP contribution is -2.51. The van der Waals surface area contributed by atoms with E-state index in [4.69, 9.17) is 10.5 Å². The van der Waals surface area contributed by atoms with Crippen LogP contribution in [0.2, 0.25) is 0 Å². The van der Waals surface area contributed by atoms with Gasteiger partial charge in [-0.1, -0.05) is 13.8 Å². The van der Waals surface area contributed by atoms with Crippen LogP contribution in [0.5, 0.6) is 0 Å². The monoisotopic (exact) mass is 320 g/mol. The molecule has 2 rings (SSSR count). The molecule has 2 heterocycles. The molecule has 1 aliphatic heterocycles. The molecule has 3 N–H and O–H groups in total. The zero-order chi connectivity index (χ0) is 17.2. The SMILES string of the molecule is C[C@@H]1CN(c2ccncc2NC(=O)OC(C)(C)C)C[C@H](C)C1N. The van der Waals surface area contributed by atoms with E-state index in [0.29, 0.717) is 17.5 Å². The summed E-state index contributed by atoms with van der Waals surface area (Å²) in [6.45, 7) is 11.6. The number of hydrogen-bond donors (Lipinski definition) is 2. The van der Waals surface area contributed by atoms with Crippen LogP contribution in [0.3, 0.4) is 0 Å². The summed E-state index contributed by atoms with van der Waals surface area (Å²) in [7, 11) is 0. The molecule has 23 heavy (non-hydrogen) atoms. The van der Waals surface area contributed by atoms with Crippen LogP contribution in [0.1, 0.15) is 34.6 Å². The zero-order valence-corrected chi connectivity index (χ0v) is 14.7. The van der Waals surface area contributed by atoms with E-state index in [9.17, 15) is 4.79 Å². The van der Waals surface area contributed by atoms with Gasteiger partial charge in [-0.25, -0.2) is 4.79 Å². The van der Waals surface area contributed by atoms with Crippen LogP contribution in [0, 0.1) is 11.8 Å². The van der Waals surface area contributed by atoms with Crippen LogP contribution in [0.25, 0.3) is 0 Å². The van der Waals surface area contributed by atoms with Gasteiger partial charge >= 0.3 is 6.09 Å². The van der Waals surface area contributed by atoms with Crippen LogP contribution in [0.15, 0.2) is 18.5 Å². The Morgan fingerprint density at radius 2 is 1.96 bits per heavy atom. The molecule has 1 amide bonds. The molecule has 0 radical (unpaired) electrons. The number of anilines is 2. The van der Waals surface area contributed by atoms with E-state index < -0.39 is 11.7 Å². The third-order valence-electron chi connectivity index (χ3n) is 4.11. The molecular weight excluding hydrogens is 292 g/mol. The van der Waals surface area contributed by atoms with Gasteiger partial charge in [-0.3, -0.25) is 10.3 Å². The lowest BCUT2D eigenvalue weighted by molar-refractivity contribution is 0.0636. The fourth-order valence-corrected chi connectivity index (χ4v) is 2.94. The lowest BCUT2D eigenvalue weighted by atomic mass is 9.86. The Morgan fingerprint density at radius 1 is 1.35 bits per heavy atom. The Labute approximate surface area is 138 Å². The largest absolute Gasteiger partial charge is 0.444 e. The van der Waals surface area contributed by atoms with Crippen molar-refractivity contribution in [2.75, 3.05) is 23.3 Å². The molecule has 0 spiro atoms. The van der Waals surface area contributed by atoms with E-state index in [1.165, 1.54) is 0 Å². The summed E-state index contributed by atoms with van der Waals surface area (Å²) in [6.07, 6.45) is 2.92. The van der Waals surface area contributed by atoms with Crippen molar-refractivity contribution in [1.82, 2.24) is 4.98 Å². The lowest BCUT2D eigenvalue weighted by Gasteiger charge is -2.41. The Balaban J connectivity index is 2.16. The summed E-state index contributed by atoms with van der Waals surface area (Å²) in [5.74, 6) is 0.780. The first-order chi connectivity index (χ1) is 10.7. The highest BCUT2D eigenvalue weighted by Gasteiger charge is 2.30. The Bertz CT molecular complexity index is 544. The van der Waals surface area contributed by atoms with Gasteiger partial charge in [0.1, 0.15) is 5.60 Å². The number of piperidine rings is 1. The number of pyridine rings is 1. The molecule has 0 saturated carbocycles. The molecule has 1 unspecified atom stereocenters. The number of amides is 1. The van der Waals surface area contributed by atoms with Gasteiger partial charge in [-0.05, 0) is 38.7 Å². The van der Waals surface area contributed by atoms with E-state index in [0.717, 1.165) is 18.8 Å². The number of nitrogens with zero attached hydrogens (tertiary/aromatic N) is 2. The van der Waals surface area contributed by atoms with Gasteiger partial charge in [-0.15, -0.1) is 0 Å². The smallest absolute Gasteiger partial charge is 0.412 e. The van der Waals surface area contributed by atoms with Gasteiger partial charge < -0.3 is 15.4 Å². The third kappa shape index (κ3) is 4.58. The predicted molar refractivity (Wildman–Crippen MR) is 92.6 cm³/mol. The summed E-state index contributed by atoms with van der Waals surface area (Å²) >= 11 is 0. The summed E-state index contributed by atoms with van der Waals surface area (Å²) in [4.78, 5) is 18.4. The standard InChI is InChI=1S/C17H28N4O2/c1-11-9-21(10-12(2)15(11)18)14-6-7-19-8-13(14)20-16(22)23-17(3,4)5/h6-8,11-12,15H,9-10,18H2,1-5H3,(H,20,22)/t11-,12+,15?. The quantitative estimate of drug-likeness (QED) is 0.876. The van der Waals surface area contributed by atoms with Crippen molar-refractivity contribution in [3.63, 3.8) is 0 Å². The van der Waals surface area contributed by atoms with Crippen LogP contribution in [0.4, 0.5) is 16.2 Å². The summed E-state index contributed by atoms with van der Waals surface area (Å²) in [5, 5.41) is 2.81. The Hall–Kier alpha value is -1.82. The minimum absolute atomic E-state index is 0.204. The molecule has 6 nitrogen and oxygen atoms in total. The van der Waals surface area contributed by atoms with Gasteiger partial charge in [0, 0.05) is 25.3 Å². The molecule has 1 aromatic rings. The fourth-order valence-electron chi connectivity index (χ4n) is 2.94. The molecule has 128 valence electrons. The predicted octanol–water partition coefficient (Wildman–Crippen LogP) is 2.85. The van der Waals surface area contributed by atoms with Crippen molar-refractivity contribution in [1.29, 1.82) is 0 Å². The van der Waals surface area contributed by atoms with Gasteiger partial charge in [0.25, 0.3) is 0 Å². The average molecular weight is 320 g/mol. The van der Waals surface area contributed by atoms with Crippen LogP contribution in [-0.2, 0) is 4.74 Å². The molecule has 1 fully saturated rings. The number of nitrogens with one attached hydrogen (secondary N) is 1. The normalized spacial score (nSPS) is 25.1. The van der Waals surface area contributed by atoms with Gasteiger partial charge in [-0.2, -0.15) is 0 Å². The van der Waals surface area contributed by atoms with Crippen molar-refractivity contribution < 1.29 is 9.53 Å². The highest BCUT2D eigenvalue weighted by molar-refractivity contribution is 5.89. The van der Waals surface area contributed by atoms with Crippen molar-refractivity contribution in [3.8, 4) is 0 Å². The minimum atomic E-state index is -0.534. The second kappa shape index (κ2) is 6.74. The number of rotatable bonds is 2. The van der Waals surface area contributed by atoms with Crippen molar-refractivity contribution in [3.05, 3.63) is 18.5 Å². The van der Waals surface area contributed by atoms with Crippen LogP contribution in [-0.4, -0.2) is 35.8 Å². The maximum absolute atomic E-state index is 12.0.